The quantitative estimate of drug-likeness (QED) is 0.402. The molecule has 1 aliphatic heterocycles. The summed E-state index contributed by atoms with van der Waals surface area (Å²) in [6.07, 6.45) is -9.86. The van der Waals surface area contributed by atoms with Crippen molar-refractivity contribution in [3.63, 3.8) is 0 Å². The highest BCUT2D eigenvalue weighted by molar-refractivity contribution is 6.35. The largest absolute Gasteiger partial charge is 0.416 e. The number of carbonyl (C=O) groups excluding carboxylic acids is 2. The lowest BCUT2D eigenvalue weighted by atomic mass is 9.96. The summed E-state index contributed by atoms with van der Waals surface area (Å²) in [5.41, 5.74) is -2.16. The molecule has 1 fully saturated rings. The van der Waals surface area contributed by atoms with Gasteiger partial charge in [0.05, 0.1) is 17.2 Å². The van der Waals surface area contributed by atoms with Gasteiger partial charge in [-0.3, -0.25) is 9.59 Å². The van der Waals surface area contributed by atoms with Crippen LogP contribution in [0.15, 0.2) is 60.7 Å². The maximum absolute atomic E-state index is 13.2. The first kappa shape index (κ1) is 24.6. The van der Waals surface area contributed by atoms with Crippen LogP contribution in [0.5, 0.6) is 0 Å². The summed E-state index contributed by atoms with van der Waals surface area (Å²) in [4.78, 5) is 25.8. The number of fused-ring (bicyclic) bond motifs is 1. The molecule has 1 N–H and O–H groups in total. The minimum atomic E-state index is -4.96. The second kappa shape index (κ2) is 9.24. The first-order chi connectivity index (χ1) is 16.4. The molecule has 0 aliphatic carbocycles. The summed E-state index contributed by atoms with van der Waals surface area (Å²) in [5.74, 6) is -1.73. The fourth-order valence-corrected chi connectivity index (χ4v) is 4.30. The molecule has 10 heteroatoms. The number of benzene rings is 3. The highest BCUT2D eigenvalue weighted by atomic mass is 19.4. The van der Waals surface area contributed by atoms with E-state index in [1.807, 2.05) is 42.5 Å². The zero-order chi connectivity index (χ0) is 25.4. The zero-order valence-corrected chi connectivity index (χ0v) is 18.2. The molecular weight excluding hydrogens is 474 g/mol. The highest BCUT2D eigenvalue weighted by Gasteiger charge is 2.38. The van der Waals surface area contributed by atoms with Gasteiger partial charge in [0.1, 0.15) is 0 Å². The van der Waals surface area contributed by atoms with Crippen LogP contribution in [-0.4, -0.2) is 35.8 Å². The van der Waals surface area contributed by atoms with Crippen molar-refractivity contribution in [2.75, 3.05) is 13.1 Å². The summed E-state index contributed by atoms with van der Waals surface area (Å²) in [7, 11) is 0. The van der Waals surface area contributed by atoms with Crippen molar-refractivity contribution in [3.8, 4) is 0 Å². The van der Waals surface area contributed by atoms with E-state index >= 15 is 0 Å². The molecule has 184 valence electrons. The standard InChI is InChI=1S/C25H20F6N2O2/c26-24(27,28)18-10-15(11-19(13-18)25(29,30)31)8-9-33-20(14-32-22(34)23(33)35)12-17-6-3-5-16-4-1-2-7-21(16)17/h1-7,10-11,13,20H,8-9,12,14H2,(H,32,34)/t20-/m1/s1. The van der Waals surface area contributed by atoms with Gasteiger partial charge in [-0.1, -0.05) is 42.5 Å². The molecule has 3 aromatic rings. The monoisotopic (exact) mass is 494 g/mol. The predicted molar refractivity (Wildman–Crippen MR) is 116 cm³/mol. The van der Waals surface area contributed by atoms with Gasteiger partial charge in [0, 0.05) is 13.1 Å². The fourth-order valence-electron chi connectivity index (χ4n) is 4.30. The second-order valence-corrected chi connectivity index (χ2v) is 8.37. The van der Waals surface area contributed by atoms with Gasteiger partial charge in [0.25, 0.3) is 0 Å². The first-order valence-corrected chi connectivity index (χ1v) is 10.8. The normalized spacial score (nSPS) is 17.1. The molecule has 1 saturated heterocycles. The van der Waals surface area contributed by atoms with Gasteiger partial charge in [0.2, 0.25) is 0 Å². The lowest BCUT2D eigenvalue weighted by Gasteiger charge is -2.35. The molecule has 4 rings (SSSR count). The van der Waals surface area contributed by atoms with Crippen molar-refractivity contribution in [2.45, 2.75) is 31.2 Å². The molecule has 0 aromatic heterocycles. The average Bonchev–Trinajstić information content (AvgIpc) is 2.80. The molecule has 2 amide bonds. The van der Waals surface area contributed by atoms with Gasteiger partial charge in [0.15, 0.2) is 0 Å². The van der Waals surface area contributed by atoms with Crippen LogP contribution >= 0.6 is 0 Å². The number of piperazine rings is 1. The van der Waals surface area contributed by atoms with Crippen molar-refractivity contribution >= 4 is 22.6 Å². The van der Waals surface area contributed by atoms with Crippen LogP contribution in [0.2, 0.25) is 0 Å². The van der Waals surface area contributed by atoms with Gasteiger partial charge < -0.3 is 10.2 Å². The zero-order valence-electron chi connectivity index (χ0n) is 18.2. The molecule has 1 aliphatic rings. The Morgan fingerprint density at radius 2 is 1.49 bits per heavy atom. The number of halogens is 6. The fraction of sp³-hybridized carbons (Fsp3) is 0.280. The molecule has 0 unspecified atom stereocenters. The SMILES string of the molecule is O=C1NC[C@@H](Cc2cccc3ccccc23)N(CCc2cc(C(F)(F)F)cc(C(F)(F)F)c2)C1=O. The molecule has 0 bridgehead atoms. The van der Waals surface area contributed by atoms with Gasteiger partial charge in [-0.05, 0) is 52.9 Å². The van der Waals surface area contributed by atoms with Crippen molar-refractivity contribution in [1.82, 2.24) is 10.2 Å². The van der Waals surface area contributed by atoms with Crippen LogP contribution in [0.1, 0.15) is 22.3 Å². The summed E-state index contributed by atoms with van der Waals surface area (Å²) in [6, 6.07) is 14.1. The first-order valence-electron chi connectivity index (χ1n) is 10.8. The van der Waals surface area contributed by atoms with Crippen molar-refractivity contribution in [1.29, 1.82) is 0 Å². The molecule has 1 atom stereocenters. The molecule has 35 heavy (non-hydrogen) atoms. The summed E-state index contributed by atoms with van der Waals surface area (Å²) in [5, 5.41) is 4.44. The maximum atomic E-state index is 13.2. The Labute approximate surface area is 196 Å². The Hall–Kier alpha value is -3.56. The Kier molecular flexibility index (Phi) is 6.48. The number of nitrogens with one attached hydrogen (secondary N) is 1. The Bertz CT molecular complexity index is 1230. The minimum Gasteiger partial charge on any atom is -0.346 e. The topological polar surface area (TPSA) is 49.4 Å². The smallest absolute Gasteiger partial charge is 0.346 e. The van der Waals surface area contributed by atoms with Crippen LogP contribution in [0.25, 0.3) is 10.8 Å². The maximum Gasteiger partial charge on any atom is 0.416 e. The minimum absolute atomic E-state index is 0.0618. The summed E-state index contributed by atoms with van der Waals surface area (Å²) >= 11 is 0. The van der Waals surface area contributed by atoms with Gasteiger partial charge >= 0.3 is 24.2 Å². The third kappa shape index (κ3) is 5.41. The van der Waals surface area contributed by atoms with Crippen LogP contribution in [0, 0.1) is 0 Å². The van der Waals surface area contributed by atoms with Crippen molar-refractivity contribution in [2.24, 2.45) is 0 Å². The number of hydrogen-bond acceptors (Lipinski definition) is 2. The molecule has 0 saturated carbocycles. The van der Waals surface area contributed by atoms with Gasteiger partial charge in [-0.2, -0.15) is 26.3 Å². The Balaban J connectivity index is 1.61. The lowest BCUT2D eigenvalue weighted by Crippen LogP contribution is -2.59. The number of alkyl halides is 6. The second-order valence-electron chi connectivity index (χ2n) is 8.37. The number of amides is 2. The number of nitrogens with zero attached hydrogens (tertiary/aromatic N) is 1. The average molecular weight is 494 g/mol. The van der Waals surface area contributed by atoms with E-state index in [1.165, 1.54) is 4.90 Å². The third-order valence-corrected chi connectivity index (χ3v) is 6.02. The molecular formula is C25H20F6N2O2. The Morgan fingerprint density at radius 1 is 0.857 bits per heavy atom. The van der Waals surface area contributed by atoms with Gasteiger partial charge in [-0.25, -0.2) is 0 Å². The summed E-state index contributed by atoms with van der Waals surface area (Å²) in [6.45, 7) is -0.0928. The van der Waals surface area contributed by atoms with Crippen molar-refractivity contribution in [3.05, 3.63) is 82.9 Å². The molecule has 0 spiro atoms. The van der Waals surface area contributed by atoms with Gasteiger partial charge in [-0.15, -0.1) is 0 Å². The summed E-state index contributed by atoms with van der Waals surface area (Å²) < 4.78 is 79.1. The molecule has 4 nitrogen and oxygen atoms in total. The number of carbonyl (C=O) groups is 2. The predicted octanol–water partition coefficient (Wildman–Crippen LogP) is 4.99. The highest BCUT2D eigenvalue weighted by Crippen LogP contribution is 2.36. The van der Waals surface area contributed by atoms with Crippen LogP contribution in [0.3, 0.4) is 0 Å². The van der Waals surface area contributed by atoms with E-state index in [4.69, 9.17) is 0 Å². The van der Waals surface area contributed by atoms with E-state index in [-0.39, 0.29) is 31.1 Å². The number of hydrogen-bond donors (Lipinski definition) is 1. The van der Waals surface area contributed by atoms with Crippen molar-refractivity contribution < 1.29 is 35.9 Å². The molecule has 1 heterocycles. The number of rotatable bonds is 5. The van der Waals surface area contributed by atoms with E-state index < -0.39 is 41.3 Å². The van der Waals surface area contributed by atoms with Crippen LogP contribution < -0.4 is 5.32 Å². The third-order valence-electron chi connectivity index (χ3n) is 6.02. The Morgan fingerprint density at radius 3 is 2.14 bits per heavy atom. The van der Waals surface area contributed by atoms with E-state index in [9.17, 15) is 35.9 Å². The van der Waals surface area contributed by atoms with E-state index in [0.29, 0.717) is 18.6 Å². The lowest BCUT2D eigenvalue weighted by molar-refractivity contribution is -0.150. The van der Waals surface area contributed by atoms with E-state index in [0.717, 1.165) is 16.3 Å². The molecule has 3 aromatic carbocycles. The van der Waals surface area contributed by atoms with E-state index in [2.05, 4.69) is 5.32 Å². The van der Waals surface area contributed by atoms with E-state index in [1.54, 1.807) is 0 Å². The van der Waals surface area contributed by atoms with Crippen LogP contribution in [0.4, 0.5) is 26.3 Å². The van der Waals surface area contributed by atoms with Crippen LogP contribution in [-0.2, 0) is 34.8 Å². The molecule has 0 radical (unpaired) electrons.